The molecule has 2 N–H and O–H groups in total. The summed E-state index contributed by atoms with van der Waals surface area (Å²) in [6, 6.07) is 4.79. The van der Waals surface area contributed by atoms with Crippen LogP contribution in [0.15, 0.2) is 28.3 Å². The van der Waals surface area contributed by atoms with E-state index in [2.05, 4.69) is 25.1 Å². The Morgan fingerprint density at radius 2 is 2.00 bits per heavy atom. The third kappa shape index (κ3) is 5.12. The Kier molecular flexibility index (Phi) is 7.34. The van der Waals surface area contributed by atoms with Crippen LogP contribution in [-0.2, 0) is 26.1 Å². The quantitative estimate of drug-likeness (QED) is 0.569. The van der Waals surface area contributed by atoms with E-state index >= 15 is 0 Å². The second-order valence-electron chi connectivity index (χ2n) is 6.65. The van der Waals surface area contributed by atoms with Crippen LogP contribution >= 0.6 is 11.8 Å². The fourth-order valence-corrected chi connectivity index (χ4v) is 4.86. The number of morpholine rings is 1. The van der Waals surface area contributed by atoms with Crippen LogP contribution in [0.4, 0.5) is 11.6 Å². The first-order valence-corrected chi connectivity index (χ1v) is 12.1. The smallest absolute Gasteiger partial charge is 0.240 e. The van der Waals surface area contributed by atoms with E-state index in [1.807, 2.05) is 11.5 Å². The Morgan fingerprint density at radius 3 is 2.67 bits per heavy atom. The number of carbonyl (C=O) groups excluding carboxylic acids is 1. The minimum atomic E-state index is -3.60. The molecule has 0 spiro atoms. The van der Waals surface area contributed by atoms with Crippen LogP contribution in [0.5, 0.6) is 0 Å². The van der Waals surface area contributed by atoms with E-state index in [1.165, 1.54) is 24.9 Å². The Hall–Kier alpha value is -2.15. The molecule has 1 aliphatic heterocycles. The van der Waals surface area contributed by atoms with Gasteiger partial charge < -0.3 is 15.0 Å². The molecule has 10 nitrogen and oxygen atoms in total. The Labute approximate surface area is 180 Å². The molecule has 0 aliphatic carbocycles. The summed E-state index contributed by atoms with van der Waals surface area (Å²) in [6.07, 6.45) is 0. The van der Waals surface area contributed by atoms with Gasteiger partial charge in [-0.3, -0.25) is 9.36 Å². The van der Waals surface area contributed by atoms with Crippen molar-refractivity contribution in [1.29, 1.82) is 0 Å². The van der Waals surface area contributed by atoms with Crippen molar-refractivity contribution in [2.24, 2.45) is 0 Å². The van der Waals surface area contributed by atoms with Gasteiger partial charge in [0, 0.05) is 25.3 Å². The molecule has 30 heavy (non-hydrogen) atoms. The number of nitrogens with zero attached hydrogens (tertiary/aromatic N) is 4. The highest BCUT2D eigenvalue weighted by Gasteiger charge is 2.21. The number of aryl methyl sites for hydroxylation is 1. The third-order valence-electron chi connectivity index (χ3n) is 4.67. The maximum atomic E-state index is 12.4. The molecule has 0 atom stereocenters. The van der Waals surface area contributed by atoms with Crippen molar-refractivity contribution in [1.82, 2.24) is 19.5 Å². The molecule has 0 saturated carbocycles. The fraction of sp³-hybridized carbons (Fsp3) is 0.500. The van der Waals surface area contributed by atoms with Gasteiger partial charge in [-0.2, -0.15) is 0 Å². The zero-order chi connectivity index (χ0) is 21.7. The van der Waals surface area contributed by atoms with Gasteiger partial charge >= 0.3 is 0 Å². The largest absolute Gasteiger partial charge is 0.378 e. The van der Waals surface area contributed by atoms with Crippen molar-refractivity contribution >= 4 is 39.3 Å². The standard InChI is InChI=1S/C18H26N6O4S2/c1-4-24-17(23-7-9-28-10-8-23)21-22-18(24)29-12-16(25)20-14-6-5-13(2)15(11-14)30(26,27)19-3/h5-6,11,19H,4,7-10,12H2,1-3H3,(H,20,25). The van der Waals surface area contributed by atoms with Gasteiger partial charge in [-0.1, -0.05) is 17.8 Å². The van der Waals surface area contributed by atoms with Crippen molar-refractivity contribution in [2.45, 2.75) is 30.4 Å². The summed E-state index contributed by atoms with van der Waals surface area (Å²) in [5, 5.41) is 11.9. The number of ether oxygens (including phenoxy) is 1. The van der Waals surface area contributed by atoms with Crippen LogP contribution in [0, 0.1) is 6.92 Å². The highest BCUT2D eigenvalue weighted by atomic mass is 32.2. The first kappa shape index (κ1) is 22.5. The van der Waals surface area contributed by atoms with Crippen LogP contribution in [0.3, 0.4) is 0 Å². The topological polar surface area (TPSA) is 118 Å². The molecule has 2 aromatic rings. The number of nitrogens with one attached hydrogen (secondary N) is 2. The van der Waals surface area contributed by atoms with Crippen molar-refractivity contribution < 1.29 is 17.9 Å². The molecule has 1 fully saturated rings. The maximum absolute atomic E-state index is 12.4. The van der Waals surface area contributed by atoms with Crippen LogP contribution in [0.1, 0.15) is 12.5 Å². The molecular formula is C18H26N6O4S2. The maximum Gasteiger partial charge on any atom is 0.240 e. The van der Waals surface area contributed by atoms with Gasteiger partial charge in [0.1, 0.15) is 0 Å². The molecule has 164 valence electrons. The molecule has 1 aromatic carbocycles. The normalized spacial score (nSPS) is 14.7. The summed E-state index contributed by atoms with van der Waals surface area (Å²) in [7, 11) is -2.25. The molecule has 1 aromatic heterocycles. The van der Waals surface area contributed by atoms with Gasteiger partial charge in [0.2, 0.25) is 21.9 Å². The predicted molar refractivity (Wildman–Crippen MR) is 116 cm³/mol. The second kappa shape index (κ2) is 9.77. The number of carbonyl (C=O) groups is 1. The summed E-state index contributed by atoms with van der Waals surface area (Å²) in [5.74, 6) is 0.655. The highest BCUT2D eigenvalue weighted by molar-refractivity contribution is 7.99. The first-order chi connectivity index (χ1) is 14.4. The second-order valence-corrected chi connectivity index (χ2v) is 9.45. The number of hydrogen-bond acceptors (Lipinski definition) is 8. The van der Waals surface area contributed by atoms with E-state index in [1.54, 1.807) is 19.1 Å². The summed E-state index contributed by atoms with van der Waals surface area (Å²) < 4.78 is 33.9. The van der Waals surface area contributed by atoms with E-state index in [0.717, 1.165) is 19.0 Å². The van der Waals surface area contributed by atoms with Crippen molar-refractivity contribution in [3.8, 4) is 0 Å². The zero-order valence-corrected chi connectivity index (χ0v) is 18.8. The van der Waals surface area contributed by atoms with Crippen LogP contribution in [0.25, 0.3) is 0 Å². The van der Waals surface area contributed by atoms with E-state index in [4.69, 9.17) is 4.74 Å². The molecule has 0 radical (unpaired) electrons. The minimum Gasteiger partial charge on any atom is -0.378 e. The van der Waals surface area contributed by atoms with Crippen molar-refractivity contribution in [2.75, 3.05) is 49.3 Å². The lowest BCUT2D eigenvalue weighted by Crippen LogP contribution is -2.38. The number of amides is 1. The molecule has 1 aliphatic rings. The van der Waals surface area contributed by atoms with Crippen LogP contribution in [-0.4, -0.2) is 68.2 Å². The van der Waals surface area contributed by atoms with Gasteiger partial charge in [-0.05, 0) is 38.6 Å². The van der Waals surface area contributed by atoms with E-state index in [9.17, 15) is 13.2 Å². The highest BCUT2D eigenvalue weighted by Crippen LogP contribution is 2.24. The molecule has 2 heterocycles. The summed E-state index contributed by atoms with van der Waals surface area (Å²) in [6.45, 7) is 7.23. The van der Waals surface area contributed by atoms with Crippen molar-refractivity contribution in [3.05, 3.63) is 23.8 Å². The van der Waals surface area contributed by atoms with Gasteiger partial charge in [-0.15, -0.1) is 10.2 Å². The number of benzene rings is 1. The van der Waals surface area contributed by atoms with Crippen LogP contribution in [0.2, 0.25) is 0 Å². The van der Waals surface area contributed by atoms with E-state index < -0.39 is 10.0 Å². The number of sulfonamides is 1. The lowest BCUT2D eigenvalue weighted by atomic mass is 10.2. The number of hydrogen-bond donors (Lipinski definition) is 2. The third-order valence-corrected chi connectivity index (χ3v) is 7.19. The lowest BCUT2D eigenvalue weighted by molar-refractivity contribution is -0.113. The Morgan fingerprint density at radius 1 is 1.27 bits per heavy atom. The molecule has 0 bridgehead atoms. The average Bonchev–Trinajstić information content (AvgIpc) is 3.17. The van der Waals surface area contributed by atoms with E-state index in [0.29, 0.717) is 36.2 Å². The molecule has 1 amide bonds. The predicted octanol–water partition coefficient (Wildman–Crippen LogP) is 1.08. The van der Waals surface area contributed by atoms with Crippen LogP contribution < -0.4 is 14.9 Å². The Balaban J connectivity index is 1.65. The summed E-state index contributed by atoms with van der Waals surface area (Å²) in [4.78, 5) is 14.7. The van der Waals surface area contributed by atoms with Gasteiger partial charge in [-0.25, -0.2) is 13.1 Å². The molecule has 3 rings (SSSR count). The number of rotatable bonds is 8. The number of aromatic nitrogens is 3. The zero-order valence-electron chi connectivity index (χ0n) is 17.2. The summed E-state index contributed by atoms with van der Waals surface area (Å²) >= 11 is 1.29. The molecular weight excluding hydrogens is 428 g/mol. The van der Waals surface area contributed by atoms with E-state index in [-0.39, 0.29) is 16.6 Å². The lowest BCUT2D eigenvalue weighted by Gasteiger charge is -2.27. The SMILES string of the molecule is CCn1c(SCC(=O)Nc2ccc(C)c(S(=O)(=O)NC)c2)nnc1N1CCOCC1. The average molecular weight is 455 g/mol. The molecule has 0 unspecified atom stereocenters. The first-order valence-electron chi connectivity index (χ1n) is 9.58. The Bertz CT molecular complexity index is 1000. The van der Waals surface area contributed by atoms with Gasteiger partial charge in [0.05, 0.1) is 23.9 Å². The monoisotopic (exact) mass is 454 g/mol. The van der Waals surface area contributed by atoms with Crippen molar-refractivity contribution in [3.63, 3.8) is 0 Å². The number of anilines is 2. The van der Waals surface area contributed by atoms with Gasteiger partial charge in [0.15, 0.2) is 5.16 Å². The number of thioether (sulfide) groups is 1. The molecule has 1 saturated heterocycles. The van der Waals surface area contributed by atoms with Gasteiger partial charge in [0.25, 0.3) is 0 Å². The fourth-order valence-electron chi connectivity index (χ4n) is 3.07. The minimum absolute atomic E-state index is 0.128. The summed E-state index contributed by atoms with van der Waals surface area (Å²) in [5.41, 5.74) is 1.02. The molecule has 12 heteroatoms.